The summed E-state index contributed by atoms with van der Waals surface area (Å²) >= 11 is 0. The summed E-state index contributed by atoms with van der Waals surface area (Å²) in [5.74, 6) is -3.21. The fraction of sp³-hybridized carbons (Fsp3) is 0.385. The van der Waals surface area contributed by atoms with Gasteiger partial charge in [-0.1, -0.05) is 74.5 Å². The first-order valence-corrected chi connectivity index (χ1v) is 11.3. The third-order valence-corrected chi connectivity index (χ3v) is 5.35. The third-order valence-electron chi connectivity index (χ3n) is 5.35. The van der Waals surface area contributed by atoms with E-state index < -0.39 is 35.8 Å². The Balaban J connectivity index is 2.17. The van der Waals surface area contributed by atoms with Gasteiger partial charge in [-0.05, 0) is 29.9 Å². The standard InChI is InChI=1S/C26H32N2O6/c1-18(2)15-22(26(33)34)27-21(25(31)32)13-14-28(23(29)16-19-9-5-3-6-10-19)24(30)17-20-11-7-4-8-12-20/h3-12,18,21-22,27H,13-17H2,1-2H3,(H,31,32)(H,33,34)/t21?,22-/m0/s1. The highest BCUT2D eigenvalue weighted by Gasteiger charge is 2.29. The number of imide groups is 1. The van der Waals surface area contributed by atoms with Crippen LogP contribution in [-0.4, -0.2) is 57.5 Å². The molecule has 0 aliphatic heterocycles. The maximum absolute atomic E-state index is 13.0. The van der Waals surface area contributed by atoms with Crippen LogP contribution in [-0.2, 0) is 32.0 Å². The molecule has 0 bridgehead atoms. The van der Waals surface area contributed by atoms with Crippen LogP contribution in [0, 0.1) is 5.92 Å². The van der Waals surface area contributed by atoms with Crippen LogP contribution >= 0.6 is 0 Å². The van der Waals surface area contributed by atoms with Crippen LogP contribution in [0.2, 0.25) is 0 Å². The van der Waals surface area contributed by atoms with Gasteiger partial charge in [0.15, 0.2) is 0 Å². The Hall–Kier alpha value is -3.52. The van der Waals surface area contributed by atoms with Crippen molar-refractivity contribution in [1.29, 1.82) is 0 Å². The highest BCUT2D eigenvalue weighted by molar-refractivity contribution is 5.97. The van der Waals surface area contributed by atoms with E-state index in [9.17, 15) is 29.4 Å². The predicted molar refractivity (Wildman–Crippen MR) is 127 cm³/mol. The Morgan fingerprint density at radius 3 is 1.59 bits per heavy atom. The van der Waals surface area contributed by atoms with Crippen LogP contribution in [0.15, 0.2) is 60.7 Å². The highest BCUT2D eigenvalue weighted by Crippen LogP contribution is 2.11. The highest BCUT2D eigenvalue weighted by atomic mass is 16.4. The average Bonchev–Trinajstić information content (AvgIpc) is 2.78. The molecule has 0 radical (unpaired) electrons. The molecule has 34 heavy (non-hydrogen) atoms. The summed E-state index contributed by atoms with van der Waals surface area (Å²) in [7, 11) is 0. The number of hydrogen-bond donors (Lipinski definition) is 3. The van der Waals surface area contributed by atoms with E-state index in [0.717, 1.165) is 16.0 Å². The Morgan fingerprint density at radius 2 is 1.21 bits per heavy atom. The molecule has 0 saturated heterocycles. The van der Waals surface area contributed by atoms with Gasteiger partial charge in [0.2, 0.25) is 11.8 Å². The van der Waals surface area contributed by atoms with Crippen LogP contribution in [0.25, 0.3) is 0 Å². The van der Waals surface area contributed by atoms with Crippen molar-refractivity contribution in [3.05, 3.63) is 71.8 Å². The molecule has 182 valence electrons. The van der Waals surface area contributed by atoms with E-state index in [2.05, 4.69) is 5.32 Å². The van der Waals surface area contributed by atoms with Gasteiger partial charge in [-0.2, -0.15) is 0 Å². The van der Waals surface area contributed by atoms with E-state index in [4.69, 9.17) is 0 Å². The smallest absolute Gasteiger partial charge is 0.320 e. The molecule has 8 heteroatoms. The molecule has 0 aromatic heterocycles. The van der Waals surface area contributed by atoms with Crippen molar-refractivity contribution in [2.45, 2.75) is 51.6 Å². The van der Waals surface area contributed by atoms with Crippen LogP contribution in [0.1, 0.15) is 37.8 Å². The molecule has 0 aliphatic carbocycles. The molecule has 0 fully saturated rings. The minimum absolute atomic E-state index is 0.00234. The number of nitrogens with zero attached hydrogens (tertiary/aromatic N) is 1. The molecule has 2 atom stereocenters. The number of carboxylic acids is 2. The SMILES string of the molecule is CC(C)C[C@H](NC(CCN(C(=O)Cc1ccccc1)C(=O)Cc1ccccc1)C(=O)O)C(=O)O. The van der Waals surface area contributed by atoms with Crippen LogP contribution < -0.4 is 5.32 Å². The Labute approximate surface area is 199 Å². The molecule has 2 amide bonds. The molecule has 8 nitrogen and oxygen atoms in total. The first-order chi connectivity index (χ1) is 16.2. The van der Waals surface area contributed by atoms with Crippen molar-refractivity contribution < 1.29 is 29.4 Å². The first kappa shape index (κ1) is 26.7. The van der Waals surface area contributed by atoms with Gasteiger partial charge in [0.05, 0.1) is 12.8 Å². The topological polar surface area (TPSA) is 124 Å². The number of aliphatic carboxylic acids is 2. The minimum atomic E-state index is -1.24. The quantitative estimate of drug-likeness (QED) is 0.413. The lowest BCUT2D eigenvalue weighted by atomic mass is 10.0. The number of rotatable bonds is 13. The van der Waals surface area contributed by atoms with Gasteiger partial charge >= 0.3 is 11.9 Å². The second-order valence-electron chi connectivity index (χ2n) is 8.63. The van der Waals surface area contributed by atoms with Crippen molar-refractivity contribution in [2.75, 3.05) is 6.54 Å². The zero-order valence-electron chi connectivity index (χ0n) is 19.5. The molecular formula is C26H32N2O6. The lowest BCUT2D eigenvalue weighted by molar-refractivity contribution is -0.147. The maximum Gasteiger partial charge on any atom is 0.320 e. The number of amides is 2. The van der Waals surface area contributed by atoms with Crippen molar-refractivity contribution in [3.8, 4) is 0 Å². The van der Waals surface area contributed by atoms with E-state index in [1.165, 1.54) is 0 Å². The number of carbonyl (C=O) groups is 4. The van der Waals surface area contributed by atoms with E-state index in [1.807, 2.05) is 26.0 Å². The van der Waals surface area contributed by atoms with E-state index >= 15 is 0 Å². The zero-order chi connectivity index (χ0) is 25.1. The summed E-state index contributed by atoms with van der Waals surface area (Å²) in [6.45, 7) is 3.55. The van der Waals surface area contributed by atoms with Crippen molar-refractivity contribution in [3.63, 3.8) is 0 Å². The van der Waals surface area contributed by atoms with Crippen LogP contribution in [0.4, 0.5) is 0 Å². The third kappa shape index (κ3) is 8.78. The summed E-state index contributed by atoms with van der Waals surface area (Å²) in [4.78, 5) is 50.6. The summed E-state index contributed by atoms with van der Waals surface area (Å²) in [5.41, 5.74) is 1.47. The van der Waals surface area contributed by atoms with Gasteiger partial charge in [0, 0.05) is 6.54 Å². The lowest BCUT2D eigenvalue weighted by Gasteiger charge is -2.25. The van der Waals surface area contributed by atoms with Crippen molar-refractivity contribution >= 4 is 23.8 Å². The summed E-state index contributed by atoms with van der Waals surface area (Å²) in [5, 5.41) is 21.8. The Kier molecular flexibility index (Phi) is 10.4. The summed E-state index contributed by atoms with van der Waals surface area (Å²) in [6.07, 6.45) is 0.135. The van der Waals surface area contributed by atoms with E-state index in [1.54, 1.807) is 48.5 Å². The van der Waals surface area contributed by atoms with Gasteiger partial charge in [-0.25, -0.2) is 0 Å². The van der Waals surface area contributed by atoms with Crippen LogP contribution in [0.5, 0.6) is 0 Å². The Bertz CT molecular complexity index is 908. The predicted octanol–water partition coefficient (Wildman–Crippen LogP) is 2.76. The normalized spacial score (nSPS) is 12.7. The monoisotopic (exact) mass is 468 g/mol. The van der Waals surface area contributed by atoms with E-state index in [0.29, 0.717) is 0 Å². The average molecular weight is 469 g/mol. The molecular weight excluding hydrogens is 436 g/mol. The van der Waals surface area contributed by atoms with E-state index in [-0.39, 0.29) is 38.1 Å². The molecule has 1 unspecified atom stereocenters. The lowest BCUT2D eigenvalue weighted by Crippen LogP contribution is -2.50. The fourth-order valence-corrected chi connectivity index (χ4v) is 3.61. The van der Waals surface area contributed by atoms with Gasteiger partial charge in [-0.15, -0.1) is 0 Å². The van der Waals surface area contributed by atoms with Crippen LogP contribution in [0.3, 0.4) is 0 Å². The number of carbonyl (C=O) groups excluding carboxylic acids is 2. The zero-order valence-corrected chi connectivity index (χ0v) is 19.5. The molecule has 0 aliphatic rings. The molecule has 2 aromatic carbocycles. The second-order valence-corrected chi connectivity index (χ2v) is 8.63. The summed E-state index contributed by atoms with van der Waals surface area (Å²) in [6, 6.07) is 15.7. The largest absolute Gasteiger partial charge is 0.480 e. The minimum Gasteiger partial charge on any atom is -0.480 e. The molecule has 3 N–H and O–H groups in total. The molecule has 0 saturated carbocycles. The Morgan fingerprint density at radius 1 is 0.765 bits per heavy atom. The van der Waals surface area contributed by atoms with Gasteiger partial charge < -0.3 is 10.2 Å². The maximum atomic E-state index is 13.0. The van der Waals surface area contributed by atoms with Gasteiger partial charge in [-0.3, -0.25) is 29.4 Å². The number of hydrogen-bond acceptors (Lipinski definition) is 5. The molecule has 0 spiro atoms. The second kappa shape index (κ2) is 13.3. The molecule has 0 heterocycles. The number of carboxylic acid groups (broad SMARTS) is 2. The van der Waals surface area contributed by atoms with Crippen molar-refractivity contribution in [1.82, 2.24) is 10.2 Å². The van der Waals surface area contributed by atoms with Gasteiger partial charge in [0.1, 0.15) is 12.1 Å². The van der Waals surface area contributed by atoms with Crippen molar-refractivity contribution in [2.24, 2.45) is 5.92 Å². The number of benzene rings is 2. The molecule has 2 rings (SSSR count). The molecule has 2 aromatic rings. The fourth-order valence-electron chi connectivity index (χ4n) is 3.61. The first-order valence-electron chi connectivity index (χ1n) is 11.3. The summed E-state index contributed by atoms with van der Waals surface area (Å²) < 4.78 is 0. The van der Waals surface area contributed by atoms with Gasteiger partial charge in [0.25, 0.3) is 0 Å². The number of nitrogens with one attached hydrogen (secondary N) is 1.